The molecule has 0 bridgehead atoms. The first kappa shape index (κ1) is 10.4. The number of nitrogens with zero attached hydrogens (tertiary/aromatic N) is 1. The van der Waals surface area contributed by atoms with E-state index in [1.807, 2.05) is 0 Å². The van der Waals surface area contributed by atoms with E-state index in [1.165, 1.54) is 25.9 Å². The lowest BCUT2D eigenvalue weighted by molar-refractivity contribution is 0.191. The van der Waals surface area contributed by atoms with Crippen molar-refractivity contribution in [3.63, 3.8) is 0 Å². The smallest absolute Gasteiger partial charge is 0.0613 e. The molecule has 0 aromatic heterocycles. The predicted octanol–water partition coefficient (Wildman–Crippen LogP) is 0.443. The summed E-state index contributed by atoms with van der Waals surface area (Å²) in [4.78, 5) is 2.40. The minimum Gasteiger partial charge on any atom is -0.394 e. The van der Waals surface area contributed by atoms with Crippen LogP contribution in [0.4, 0.5) is 0 Å². The molecule has 0 aromatic rings. The first-order valence-electron chi connectivity index (χ1n) is 5.78. The number of hydrogen-bond acceptors (Lipinski definition) is 3. The van der Waals surface area contributed by atoms with E-state index in [9.17, 15) is 0 Å². The summed E-state index contributed by atoms with van der Waals surface area (Å²) in [5.41, 5.74) is 0.128. The predicted molar refractivity (Wildman–Crippen MR) is 57.3 cm³/mol. The SMILES string of the molecule is CN1CCC(CNC2(CO)CC2)CC1. The molecule has 14 heavy (non-hydrogen) atoms. The maximum atomic E-state index is 9.16. The number of aliphatic hydroxyl groups excluding tert-OH is 1. The fourth-order valence-corrected chi connectivity index (χ4v) is 2.17. The molecule has 82 valence electrons. The van der Waals surface area contributed by atoms with Crippen LogP contribution < -0.4 is 5.32 Å². The van der Waals surface area contributed by atoms with E-state index < -0.39 is 0 Å². The highest BCUT2D eigenvalue weighted by Gasteiger charge is 2.41. The zero-order chi connectivity index (χ0) is 10.0. The molecule has 0 unspecified atom stereocenters. The molecule has 2 fully saturated rings. The molecule has 0 spiro atoms. The topological polar surface area (TPSA) is 35.5 Å². The van der Waals surface area contributed by atoms with Crippen molar-refractivity contribution >= 4 is 0 Å². The van der Waals surface area contributed by atoms with E-state index in [2.05, 4.69) is 17.3 Å². The molecular weight excluding hydrogens is 176 g/mol. The summed E-state index contributed by atoms with van der Waals surface area (Å²) < 4.78 is 0. The molecule has 3 nitrogen and oxygen atoms in total. The van der Waals surface area contributed by atoms with Gasteiger partial charge in [0.05, 0.1) is 6.61 Å². The van der Waals surface area contributed by atoms with Crippen LogP contribution in [-0.2, 0) is 0 Å². The molecule has 2 aliphatic rings. The van der Waals surface area contributed by atoms with Crippen molar-refractivity contribution in [1.29, 1.82) is 0 Å². The van der Waals surface area contributed by atoms with Crippen LogP contribution in [0.2, 0.25) is 0 Å². The second-order valence-electron chi connectivity index (χ2n) is 5.07. The Balaban J connectivity index is 1.66. The molecule has 1 heterocycles. The molecule has 2 N–H and O–H groups in total. The van der Waals surface area contributed by atoms with Gasteiger partial charge in [-0.05, 0) is 58.3 Å². The lowest BCUT2D eigenvalue weighted by Gasteiger charge is -2.30. The number of likely N-dealkylation sites (tertiary alicyclic amines) is 1. The van der Waals surface area contributed by atoms with Crippen LogP contribution in [-0.4, -0.2) is 48.8 Å². The fourth-order valence-electron chi connectivity index (χ4n) is 2.17. The van der Waals surface area contributed by atoms with Crippen LogP contribution in [0, 0.1) is 5.92 Å². The molecule has 0 aromatic carbocycles. The zero-order valence-electron chi connectivity index (χ0n) is 9.13. The number of nitrogens with one attached hydrogen (secondary N) is 1. The Bertz CT molecular complexity index is 184. The Labute approximate surface area is 86.5 Å². The normalized spacial score (nSPS) is 27.9. The monoisotopic (exact) mass is 198 g/mol. The first-order valence-corrected chi connectivity index (χ1v) is 5.78. The van der Waals surface area contributed by atoms with Gasteiger partial charge in [-0.15, -0.1) is 0 Å². The van der Waals surface area contributed by atoms with Gasteiger partial charge in [-0.25, -0.2) is 0 Å². The summed E-state index contributed by atoms with van der Waals surface area (Å²) in [5, 5.41) is 12.7. The maximum absolute atomic E-state index is 9.16. The van der Waals surface area contributed by atoms with Gasteiger partial charge < -0.3 is 15.3 Å². The molecule has 3 heteroatoms. The van der Waals surface area contributed by atoms with E-state index in [1.54, 1.807) is 0 Å². The van der Waals surface area contributed by atoms with Gasteiger partial charge in [0, 0.05) is 5.54 Å². The van der Waals surface area contributed by atoms with Gasteiger partial charge in [-0.2, -0.15) is 0 Å². The first-order chi connectivity index (χ1) is 6.74. The van der Waals surface area contributed by atoms with Crippen LogP contribution in [0.3, 0.4) is 0 Å². The van der Waals surface area contributed by atoms with Crippen LogP contribution in [0.1, 0.15) is 25.7 Å². The molecular formula is C11H22N2O. The molecule has 1 aliphatic heterocycles. The number of piperidine rings is 1. The Kier molecular flexibility index (Phi) is 3.10. The van der Waals surface area contributed by atoms with Crippen molar-refractivity contribution in [2.75, 3.05) is 33.3 Å². The fraction of sp³-hybridized carbons (Fsp3) is 1.00. The van der Waals surface area contributed by atoms with Crippen molar-refractivity contribution in [3.8, 4) is 0 Å². The zero-order valence-corrected chi connectivity index (χ0v) is 9.13. The summed E-state index contributed by atoms with van der Waals surface area (Å²) >= 11 is 0. The highest BCUT2D eigenvalue weighted by Crippen LogP contribution is 2.34. The highest BCUT2D eigenvalue weighted by molar-refractivity contribution is 5.01. The van der Waals surface area contributed by atoms with Crippen molar-refractivity contribution in [2.24, 2.45) is 5.92 Å². The molecule has 1 saturated carbocycles. The third-order valence-corrected chi connectivity index (χ3v) is 3.76. The second-order valence-corrected chi connectivity index (χ2v) is 5.07. The lowest BCUT2D eigenvalue weighted by atomic mass is 9.97. The van der Waals surface area contributed by atoms with Crippen molar-refractivity contribution in [2.45, 2.75) is 31.2 Å². The average Bonchev–Trinajstić information content (AvgIpc) is 2.98. The number of rotatable bonds is 4. The summed E-state index contributed by atoms with van der Waals surface area (Å²) in [7, 11) is 2.19. The van der Waals surface area contributed by atoms with Gasteiger partial charge >= 0.3 is 0 Å². The molecule has 0 amide bonds. The van der Waals surface area contributed by atoms with Crippen LogP contribution in [0.5, 0.6) is 0 Å². The maximum Gasteiger partial charge on any atom is 0.0613 e. The van der Waals surface area contributed by atoms with Crippen molar-refractivity contribution in [1.82, 2.24) is 10.2 Å². The minimum atomic E-state index is 0.128. The lowest BCUT2D eigenvalue weighted by Crippen LogP contribution is -2.41. The summed E-state index contributed by atoms with van der Waals surface area (Å²) in [6.45, 7) is 3.89. The van der Waals surface area contributed by atoms with Crippen molar-refractivity contribution in [3.05, 3.63) is 0 Å². The largest absolute Gasteiger partial charge is 0.394 e. The second kappa shape index (κ2) is 4.17. The molecule has 1 saturated heterocycles. The third-order valence-electron chi connectivity index (χ3n) is 3.76. The van der Waals surface area contributed by atoms with E-state index in [0.29, 0.717) is 6.61 Å². The summed E-state index contributed by atoms with van der Waals surface area (Å²) in [6, 6.07) is 0. The Hall–Kier alpha value is -0.120. The van der Waals surface area contributed by atoms with Crippen LogP contribution in [0.15, 0.2) is 0 Å². The summed E-state index contributed by atoms with van der Waals surface area (Å²) in [5.74, 6) is 0.829. The van der Waals surface area contributed by atoms with Gasteiger partial charge in [-0.3, -0.25) is 0 Å². The summed E-state index contributed by atoms with van der Waals surface area (Å²) in [6.07, 6.45) is 4.95. The van der Waals surface area contributed by atoms with E-state index >= 15 is 0 Å². The van der Waals surface area contributed by atoms with Gasteiger partial charge in [0.1, 0.15) is 0 Å². The molecule has 0 atom stereocenters. The molecule has 1 aliphatic carbocycles. The van der Waals surface area contributed by atoms with Gasteiger partial charge in [-0.1, -0.05) is 0 Å². The van der Waals surface area contributed by atoms with Crippen molar-refractivity contribution < 1.29 is 5.11 Å². The van der Waals surface area contributed by atoms with Gasteiger partial charge in [0.2, 0.25) is 0 Å². The molecule has 0 radical (unpaired) electrons. The van der Waals surface area contributed by atoms with Crippen LogP contribution >= 0.6 is 0 Å². The quantitative estimate of drug-likeness (QED) is 0.688. The minimum absolute atomic E-state index is 0.128. The highest BCUT2D eigenvalue weighted by atomic mass is 16.3. The van der Waals surface area contributed by atoms with Gasteiger partial charge in [0.25, 0.3) is 0 Å². The van der Waals surface area contributed by atoms with Crippen LogP contribution in [0.25, 0.3) is 0 Å². The van der Waals surface area contributed by atoms with E-state index in [0.717, 1.165) is 25.3 Å². The number of aliphatic hydroxyl groups is 1. The average molecular weight is 198 g/mol. The van der Waals surface area contributed by atoms with E-state index in [4.69, 9.17) is 5.11 Å². The van der Waals surface area contributed by atoms with Gasteiger partial charge in [0.15, 0.2) is 0 Å². The Morgan fingerprint density at radius 3 is 2.50 bits per heavy atom. The van der Waals surface area contributed by atoms with E-state index in [-0.39, 0.29) is 5.54 Å². The standard InChI is InChI=1S/C11H22N2O/c1-13-6-2-10(3-7-13)8-12-11(9-14)4-5-11/h10,12,14H,2-9H2,1H3. The Morgan fingerprint density at radius 2 is 2.00 bits per heavy atom. The Morgan fingerprint density at radius 1 is 1.36 bits per heavy atom. The number of hydrogen-bond donors (Lipinski definition) is 2. The molecule has 2 rings (SSSR count). The third kappa shape index (κ3) is 2.47.